The molecule has 130 valence electrons. The lowest BCUT2D eigenvalue weighted by Crippen LogP contribution is -2.44. The summed E-state index contributed by atoms with van der Waals surface area (Å²) >= 11 is 0. The van der Waals surface area contributed by atoms with E-state index in [9.17, 15) is 19.7 Å². The van der Waals surface area contributed by atoms with Gasteiger partial charge in [0.05, 0.1) is 4.92 Å². The molecule has 0 aliphatic rings. The van der Waals surface area contributed by atoms with Crippen LogP contribution in [0.2, 0.25) is 0 Å². The number of para-hydroxylation sites is 1. The van der Waals surface area contributed by atoms with Crippen LogP contribution < -0.4 is 15.6 Å². The summed E-state index contributed by atoms with van der Waals surface area (Å²) in [6.07, 6.45) is 0. The number of amides is 2. The van der Waals surface area contributed by atoms with Gasteiger partial charge in [-0.05, 0) is 37.6 Å². The monoisotopic (exact) mass is 343 g/mol. The average Bonchev–Trinajstić information content (AvgIpc) is 2.57. The van der Waals surface area contributed by atoms with Gasteiger partial charge < -0.3 is 4.74 Å². The molecule has 2 rings (SSSR count). The van der Waals surface area contributed by atoms with Gasteiger partial charge in [-0.3, -0.25) is 30.6 Å². The molecule has 0 saturated heterocycles. The maximum Gasteiger partial charge on any atom is 0.285 e. The summed E-state index contributed by atoms with van der Waals surface area (Å²) in [5, 5.41) is 11.1. The van der Waals surface area contributed by atoms with Crippen molar-refractivity contribution < 1.29 is 19.2 Å². The molecule has 0 atom stereocenters. The van der Waals surface area contributed by atoms with Crippen LogP contribution >= 0.6 is 0 Å². The van der Waals surface area contributed by atoms with Gasteiger partial charge in [0.15, 0.2) is 6.61 Å². The van der Waals surface area contributed by atoms with Crippen LogP contribution in [0.5, 0.6) is 5.75 Å². The number of hydrogen-bond donors (Lipinski definition) is 2. The van der Waals surface area contributed by atoms with Crippen molar-refractivity contribution in [1.82, 2.24) is 10.9 Å². The first-order valence-electron chi connectivity index (χ1n) is 7.41. The Bertz CT molecular complexity index is 820. The van der Waals surface area contributed by atoms with E-state index in [1.165, 1.54) is 25.1 Å². The molecule has 0 bridgehead atoms. The van der Waals surface area contributed by atoms with Gasteiger partial charge in [-0.2, -0.15) is 0 Å². The molecule has 8 heteroatoms. The van der Waals surface area contributed by atoms with Crippen LogP contribution in [-0.2, 0) is 4.79 Å². The van der Waals surface area contributed by atoms with Crippen LogP contribution in [0.3, 0.4) is 0 Å². The summed E-state index contributed by atoms with van der Waals surface area (Å²) in [7, 11) is 0. The second kappa shape index (κ2) is 7.91. The highest BCUT2D eigenvalue weighted by atomic mass is 16.6. The molecule has 2 amide bonds. The van der Waals surface area contributed by atoms with Gasteiger partial charge in [0.1, 0.15) is 11.3 Å². The van der Waals surface area contributed by atoms with Crippen molar-refractivity contribution in [2.75, 3.05) is 6.61 Å². The third-order valence-electron chi connectivity index (χ3n) is 3.34. The Labute approximate surface area is 143 Å². The first-order chi connectivity index (χ1) is 11.9. The maximum atomic E-state index is 12.1. The molecule has 0 aliphatic heterocycles. The van der Waals surface area contributed by atoms with Gasteiger partial charge in [0, 0.05) is 5.56 Å². The van der Waals surface area contributed by atoms with Crippen molar-refractivity contribution in [2.24, 2.45) is 0 Å². The second-order valence-corrected chi connectivity index (χ2v) is 5.34. The summed E-state index contributed by atoms with van der Waals surface area (Å²) in [5.41, 5.74) is 5.21. The molecular formula is C17H17N3O5. The van der Waals surface area contributed by atoms with Gasteiger partial charge in [-0.25, -0.2) is 0 Å². The summed E-state index contributed by atoms with van der Waals surface area (Å²) in [4.78, 5) is 34.3. The van der Waals surface area contributed by atoms with E-state index >= 15 is 0 Å². The van der Waals surface area contributed by atoms with Crippen molar-refractivity contribution >= 4 is 17.5 Å². The van der Waals surface area contributed by atoms with Gasteiger partial charge in [-0.15, -0.1) is 0 Å². The molecule has 2 N–H and O–H groups in total. The smallest absolute Gasteiger partial charge is 0.285 e. The molecule has 0 spiro atoms. The third-order valence-corrected chi connectivity index (χ3v) is 3.34. The normalized spacial score (nSPS) is 10.0. The summed E-state index contributed by atoms with van der Waals surface area (Å²) in [6, 6.07) is 11.5. The fourth-order valence-electron chi connectivity index (χ4n) is 2.17. The highest BCUT2D eigenvalue weighted by Crippen LogP contribution is 2.22. The number of ether oxygens (including phenoxy) is 1. The highest BCUT2D eigenvalue weighted by molar-refractivity contribution is 5.99. The zero-order valence-corrected chi connectivity index (χ0v) is 13.7. The Hall–Kier alpha value is -3.42. The molecular weight excluding hydrogens is 326 g/mol. The topological polar surface area (TPSA) is 111 Å². The van der Waals surface area contributed by atoms with Gasteiger partial charge >= 0.3 is 0 Å². The van der Waals surface area contributed by atoms with E-state index in [1.54, 1.807) is 18.2 Å². The molecule has 0 aromatic heterocycles. The fraction of sp³-hybridized carbons (Fsp3) is 0.176. The quantitative estimate of drug-likeness (QED) is 0.638. The van der Waals surface area contributed by atoms with E-state index in [2.05, 4.69) is 10.9 Å². The van der Waals surface area contributed by atoms with Crippen LogP contribution in [0.1, 0.15) is 21.5 Å². The van der Waals surface area contributed by atoms with Crippen LogP contribution in [0.15, 0.2) is 42.5 Å². The zero-order valence-electron chi connectivity index (χ0n) is 13.7. The minimum atomic E-state index is -0.778. The zero-order chi connectivity index (χ0) is 18.4. The average molecular weight is 343 g/mol. The number of rotatable bonds is 5. The molecule has 2 aromatic carbocycles. The van der Waals surface area contributed by atoms with E-state index in [1.807, 2.05) is 13.0 Å². The number of nitrogens with one attached hydrogen (secondary N) is 2. The Morgan fingerprint density at radius 3 is 2.52 bits per heavy atom. The van der Waals surface area contributed by atoms with Crippen molar-refractivity contribution in [3.8, 4) is 5.75 Å². The second-order valence-electron chi connectivity index (χ2n) is 5.34. The molecule has 0 fully saturated rings. The third kappa shape index (κ3) is 4.77. The standard InChI is InChI=1S/C17H17N3O5/c1-11-5-3-7-13(9-11)25-10-15(21)18-19-17(22)14-8-4-6-12(2)16(14)20(23)24/h3-9H,10H2,1-2H3,(H,18,21)(H,19,22). The van der Waals surface area contributed by atoms with Crippen LogP contribution in [-0.4, -0.2) is 23.3 Å². The number of carbonyl (C=O) groups is 2. The molecule has 0 unspecified atom stereocenters. The van der Waals surface area contributed by atoms with Gasteiger partial charge in [0.2, 0.25) is 0 Å². The number of carbonyl (C=O) groups excluding carboxylic acids is 2. The van der Waals surface area contributed by atoms with Crippen LogP contribution in [0, 0.1) is 24.0 Å². The number of nitro benzene ring substituents is 1. The lowest BCUT2D eigenvalue weighted by molar-refractivity contribution is -0.385. The van der Waals surface area contributed by atoms with Gasteiger partial charge in [0.25, 0.3) is 17.5 Å². The van der Waals surface area contributed by atoms with Gasteiger partial charge in [-0.1, -0.05) is 24.3 Å². The fourth-order valence-corrected chi connectivity index (χ4v) is 2.17. The SMILES string of the molecule is Cc1cccc(OCC(=O)NNC(=O)c2cccc(C)c2[N+](=O)[O-])c1. The Kier molecular flexibility index (Phi) is 5.67. The Morgan fingerprint density at radius 2 is 1.84 bits per heavy atom. The van der Waals surface area contributed by atoms with Crippen molar-refractivity contribution in [3.63, 3.8) is 0 Å². The number of hydrazine groups is 1. The van der Waals surface area contributed by atoms with Crippen molar-refractivity contribution in [2.45, 2.75) is 13.8 Å². The first-order valence-corrected chi connectivity index (χ1v) is 7.41. The van der Waals surface area contributed by atoms with Crippen molar-refractivity contribution in [1.29, 1.82) is 0 Å². The van der Waals surface area contributed by atoms with E-state index in [-0.39, 0.29) is 17.9 Å². The first kappa shape index (κ1) is 17.9. The lowest BCUT2D eigenvalue weighted by Gasteiger charge is -2.10. The van der Waals surface area contributed by atoms with E-state index < -0.39 is 16.7 Å². The molecule has 0 aliphatic carbocycles. The number of hydrogen-bond acceptors (Lipinski definition) is 5. The number of benzene rings is 2. The maximum absolute atomic E-state index is 12.1. The summed E-state index contributed by atoms with van der Waals surface area (Å²) < 4.78 is 5.30. The molecule has 2 aromatic rings. The molecule has 25 heavy (non-hydrogen) atoms. The van der Waals surface area contributed by atoms with E-state index in [4.69, 9.17) is 4.74 Å². The van der Waals surface area contributed by atoms with E-state index in [0.717, 1.165) is 5.56 Å². The summed E-state index contributed by atoms with van der Waals surface area (Å²) in [5.74, 6) is -0.847. The Balaban J connectivity index is 1.93. The minimum absolute atomic E-state index is 0.134. The van der Waals surface area contributed by atoms with Crippen molar-refractivity contribution in [3.05, 3.63) is 69.3 Å². The predicted molar refractivity (Wildman–Crippen MR) is 90.1 cm³/mol. The van der Waals surface area contributed by atoms with Crippen LogP contribution in [0.4, 0.5) is 5.69 Å². The molecule has 0 heterocycles. The minimum Gasteiger partial charge on any atom is -0.484 e. The van der Waals surface area contributed by atoms with Crippen LogP contribution in [0.25, 0.3) is 0 Å². The lowest BCUT2D eigenvalue weighted by atomic mass is 10.1. The number of aryl methyl sites for hydroxylation is 2. The molecule has 0 saturated carbocycles. The Morgan fingerprint density at radius 1 is 1.12 bits per heavy atom. The molecule has 0 radical (unpaired) electrons. The molecule has 8 nitrogen and oxygen atoms in total. The predicted octanol–water partition coefficient (Wildman–Crippen LogP) is 2.05. The number of nitrogens with zero attached hydrogens (tertiary/aromatic N) is 1. The van der Waals surface area contributed by atoms with E-state index in [0.29, 0.717) is 11.3 Å². The number of nitro groups is 1. The largest absolute Gasteiger partial charge is 0.484 e. The summed E-state index contributed by atoms with van der Waals surface area (Å²) in [6.45, 7) is 3.12. The highest BCUT2D eigenvalue weighted by Gasteiger charge is 2.22.